The first kappa shape index (κ1) is 13.5. The number of hydrogen-bond acceptors (Lipinski definition) is 4. The zero-order chi connectivity index (χ0) is 13.8. The number of ether oxygens (including phenoxy) is 2. The van der Waals surface area contributed by atoms with Crippen molar-refractivity contribution in [3.8, 4) is 11.5 Å². The molecule has 0 bridgehead atoms. The molecule has 1 aromatic carbocycles. The lowest BCUT2D eigenvalue weighted by atomic mass is 10.1. The summed E-state index contributed by atoms with van der Waals surface area (Å²) in [6.07, 6.45) is 2.36. The summed E-state index contributed by atoms with van der Waals surface area (Å²) in [5.41, 5.74) is 7.66. The van der Waals surface area contributed by atoms with Gasteiger partial charge in [-0.25, -0.2) is 0 Å². The van der Waals surface area contributed by atoms with Crippen LogP contribution < -0.4 is 15.2 Å². The summed E-state index contributed by atoms with van der Waals surface area (Å²) in [6.45, 7) is 1.56. The lowest BCUT2D eigenvalue weighted by Gasteiger charge is -2.17. The molecule has 0 unspecified atom stereocenters. The maximum atomic E-state index is 11.6. The number of nitrogens with two attached hydrogens (primary N) is 1. The Hall–Kier alpha value is -1.91. The lowest BCUT2D eigenvalue weighted by molar-refractivity contribution is -0.127. The van der Waals surface area contributed by atoms with Crippen molar-refractivity contribution in [2.24, 2.45) is 0 Å². The van der Waals surface area contributed by atoms with Crippen molar-refractivity contribution < 1.29 is 14.3 Å². The van der Waals surface area contributed by atoms with Gasteiger partial charge in [0, 0.05) is 31.3 Å². The van der Waals surface area contributed by atoms with Crippen molar-refractivity contribution >= 4 is 11.6 Å². The Morgan fingerprint density at radius 3 is 2.53 bits per heavy atom. The van der Waals surface area contributed by atoms with Crippen LogP contribution in [-0.2, 0) is 11.2 Å². The summed E-state index contributed by atoms with van der Waals surface area (Å²) in [4.78, 5) is 13.4. The van der Waals surface area contributed by atoms with Gasteiger partial charge in [0.25, 0.3) is 0 Å². The largest absolute Gasteiger partial charge is 0.493 e. The predicted octanol–water partition coefficient (Wildman–Crippen LogP) is 1.45. The van der Waals surface area contributed by atoms with E-state index < -0.39 is 0 Å². The van der Waals surface area contributed by atoms with Crippen molar-refractivity contribution in [1.29, 1.82) is 0 Å². The molecule has 5 heteroatoms. The molecule has 1 aliphatic rings. The molecule has 0 aromatic heterocycles. The molecule has 5 nitrogen and oxygen atoms in total. The second-order valence-electron chi connectivity index (χ2n) is 4.64. The van der Waals surface area contributed by atoms with Crippen LogP contribution in [-0.4, -0.2) is 38.1 Å². The van der Waals surface area contributed by atoms with Gasteiger partial charge in [0.1, 0.15) is 0 Å². The van der Waals surface area contributed by atoms with E-state index in [1.54, 1.807) is 20.3 Å². The Morgan fingerprint density at radius 1 is 1.26 bits per heavy atom. The van der Waals surface area contributed by atoms with E-state index >= 15 is 0 Å². The smallest absolute Gasteiger partial charge is 0.222 e. The Labute approximate surface area is 113 Å². The standard InChI is InChI=1S/C14H20N2O3/c1-18-12-8-10(11(15)9-13(12)19-2)5-7-16-6-3-4-14(16)17/h8-9H,3-7,15H2,1-2H3. The topological polar surface area (TPSA) is 64.8 Å². The molecule has 19 heavy (non-hydrogen) atoms. The maximum absolute atomic E-state index is 11.6. The quantitative estimate of drug-likeness (QED) is 0.818. The van der Waals surface area contributed by atoms with Crippen LogP contribution in [0.5, 0.6) is 11.5 Å². The van der Waals surface area contributed by atoms with E-state index in [9.17, 15) is 4.79 Å². The van der Waals surface area contributed by atoms with Gasteiger partial charge in [-0.2, -0.15) is 0 Å². The van der Waals surface area contributed by atoms with Gasteiger partial charge in [-0.1, -0.05) is 0 Å². The number of rotatable bonds is 5. The summed E-state index contributed by atoms with van der Waals surface area (Å²) >= 11 is 0. The number of likely N-dealkylation sites (tertiary alicyclic amines) is 1. The number of methoxy groups -OCH3 is 2. The van der Waals surface area contributed by atoms with Gasteiger partial charge in [0.05, 0.1) is 14.2 Å². The normalized spacial score (nSPS) is 14.8. The monoisotopic (exact) mass is 264 g/mol. The van der Waals surface area contributed by atoms with Crippen molar-refractivity contribution in [3.05, 3.63) is 17.7 Å². The second kappa shape index (κ2) is 5.82. The first-order valence-electron chi connectivity index (χ1n) is 6.44. The molecule has 1 saturated heterocycles. The highest BCUT2D eigenvalue weighted by molar-refractivity contribution is 5.78. The molecule has 0 saturated carbocycles. The van der Waals surface area contributed by atoms with Crippen LogP contribution in [0, 0.1) is 0 Å². The third-order valence-electron chi connectivity index (χ3n) is 3.47. The molecule has 2 rings (SSSR count). The molecule has 1 heterocycles. The van der Waals surface area contributed by atoms with Gasteiger partial charge in [-0.3, -0.25) is 4.79 Å². The maximum Gasteiger partial charge on any atom is 0.222 e. The fraction of sp³-hybridized carbons (Fsp3) is 0.500. The van der Waals surface area contributed by atoms with Crippen LogP contribution in [0.15, 0.2) is 12.1 Å². The van der Waals surface area contributed by atoms with Crippen LogP contribution >= 0.6 is 0 Å². The fourth-order valence-electron chi connectivity index (χ4n) is 2.35. The molecule has 2 N–H and O–H groups in total. The molecule has 104 valence electrons. The number of nitrogen functional groups attached to an aromatic ring is 1. The number of nitrogens with zero attached hydrogens (tertiary/aromatic N) is 1. The predicted molar refractivity (Wildman–Crippen MR) is 73.5 cm³/mol. The van der Waals surface area contributed by atoms with E-state index in [1.165, 1.54) is 0 Å². The molecule has 1 amide bonds. The Morgan fingerprint density at radius 2 is 1.95 bits per heavy atom. The van der Waals surface area contributed by atoms with Gasteiger partial charge in [-0.15, -0.1) is 0 Å². The molecule has 1 aliphatic heterocycles. The molecule has 0 atom stereocenters. The number of carbonyl (C=O) groups excluding carboxylic acids is 1. The average Bonchev–Trinajstić information content (AvgIpc) is 2.82. The van der Waals surface area contributed by atoms with Gasteiger partial charge in [0.15, 0.2) is 11.5 Å². The summed E-state index contributed by atoms with van der Waals surface area (Å²) in [7, 11) is 3.18. The van der Waals surface area contributed by atoms with E-state index in [0.717, 1.165) is 24.9 Å². The highest BCUT2D eigenvalue weighted by Gasteiger charge is 2.20. The minimum atomic E-state index is 0.235. The lowest BCUT2D eigenvalue weighted by Crippen LogP contribution is -2.27. The van der Waals surface area contributed by atoms with E-state index in [-0.39, 0.29) is 5.91 Å². The zero-order valence-corrected chi connectivity index (χ0v) is 11.4. The van der Waals surface area contributed by atoms with Crippen LogP contribution in [0.3, 0.4) is 0 Å². The highest BCUT2D eigenvalue weighted by Crippen LogP contribution is 2.32. The van der Waals surface area contributed by atoms with Crippen molar-refractivity contribution in [2.75, 3.05) is 33.0 Å². The Bertz CT molecular complexity index is 474. The third kappa shape index (κ3) is 2.92. The number of carbonyl (C=O) groups is 1. The Balaban J connectivity index is 2.09. The summed E-state index contributed by atoms with van der Waals surface area (Å²) in [5, 5.41) is 0. The van der Waals surface area contributed by atoms with E-state index in [2.05, 4.69) is 0 Å². The average molecular weight is 264 g/mol. The number of anilines is 1. The van der Waals surface area contributed by atoms with Crippen molar-refractivity contribution in [2.45, 2.75) is 19.3 Å². The van der Waals surface area contributed by atoms with Gasteiger partial charge < -0.3 is 20.1 Å². The van der Waals surface area contributed by atoms with Crippen LogP contribution in [0.1, 0.15) is 18.4 Å². The first-order valence-corrected chi connectivity index (χ1v) is 6.44. The van der Waals surface area contributed by atoms with Crippen LogP contribution in [0.2, 0.25) is 0 Å². The van der Waals surface area contributed by atoms with E-state index in [1.807, 2.05) is 11.0 Å². The first-order chi connectivity index (χ1) is 9.15. The van der Waals surface area contributed by atoms with Crippen molar-refractivity contribution in [1.82, 2.24) is 4.90 Å². The number of benzene rings is 1. The molecule has 0 spiro atoms. The van der Waals surface area contributed by atoms with Crippen LogP contribution in [0.4, 0.5) is 5.69 Å². The molecule has 0 radical (unpaired) electrons. The Kier molecular flexibility index (Phi) is 4.14. The summed E-state index contributed by atoms with van der Waals surface area (Å²) in [5.74, 6) is 1.53. The molecule has 1 aromatic rings. The summed E-state index contributed by atoms with van der Waals surface area (Å²) in [6, 6.07) is 3.65. The number of hydrogen-bond donors (Lipinski definition) is 1. The van der Waals surface area contributed by atoms with Crippen LogP contribution in [0.25, 0.3) is 0 Å². The van der Waals surface area contributed by atoms with Gasteiger partial charge >= 0.3 is 0 Å². The van der Waals surface area contributed by atoms with E-state index in [0.29, 0.717) is 30.2 Å². The van der Waals surface area contributed by atoms with Crippen molar-refractivity contribution in [3.63, 3.8) is 0 Å². The fourth-order valence-corrected chi connectivity index (χ4v) is 2.35. The number of amides is 1. The molecular weight excluding hydrogens is 244 g/mol. The minimum Gasteiger partial charge on any atom is -0.493 e. The molecular formula is C14H20N2O3. The third-order valence-corrected chi connectivity index (χ3v) is 3.47. The molecule has 0 aliphatic carbocycles. The SMILES string of the molecule is COc1cc(N)c(CCN2CCCC2=O)cc1OC. The van der Waals surface area contributed by atoms with Gasteiger partial charge in [-0.05, 0) is 24.5 Å². The molecule has 1 fully saturated rings. The minimum absolute atomic E-state index is 0.235. The second-order valence-corrected chi connectivity index (χ2v) is 4.64. The van der Waals surface area contributed by atoms with Gasteiger partial charge in [0.2, 0.25) is 5.91 Å². The summed E-state index contributed by atoms with van der Waals surface area (Å²) < 4.78 is 10.5. The highest BCUT2D eigenvalue weighted by atomic mass is 16.5. The van der Waals surface area contributed by atoms with E-state index in [4.69, 9.17) is 15.2 Å². The zero-order valence-electron chi connectivity index (χ0n) is 11.4.